The van der Waals surface area contributed by atoms with Crippen molar-refractivity contribution in [1.29, 1.82) is 0 Å². The number of thioether (sulfide) groups is 1. The lowest BCUT2D eigenvalue weighted by Gasteiger charge is -2.13. The molecule has 0 aromatic carbocycles. The predicted molar refractivity (Wildman–Crippen MR) is 97.1 cm³/mol. The number of ether oxygens (including phenoxy) is 1. The van der Waals surface area contributed by atoms with Gasteiger partial charge in [-0.25, -0.2) is 4.98 Å². The van der Waals surface area contributed by atoms with Crippen molar-refractivity contribution in [3.05, 3.63) is 20.8 Å². The van der Waals surface area contributed by atoms with E-state index in [9.17, 15) is 9.59 Å². The van der Waals surface area contributed by atoms with Gasteiger partial charge in [-0.3, -0.25) is 14.2 Å². The molecule has 0 aliphatic heterocycles. The number of aryl methyl sites for hydroxylation is 2. The molecule has 2 aromatic rings. The third kappa shape index (κ3) is 3.36. The van der Waals surface area contributed by atoms with E-state index in [1.807, 2.05) is 6.92 Å². The van der Waals surface area contributed by atoms with E-state index in [2.05, 4.69) is 10.3 Å². The van der Waals surface area contributed by atoms with E-state index in [0.717, 1.165) is 29.5 Å². The maximum absolute atomic E-state index is 12.7. The Bertz CT molecular complexity index is 828. The highest BCUT2D eigenvalue weighted by Crippen LogP contribution is 2.35. The van der Waals surface area contributed by atoms with Crippen molar-refractivity contribution in [2.24, 2.45) is 7.05 Å². The average molecular weight is 367 g/mol. The van der Waals surface area contributed by atoms with Crippen LogP contribution in [0.25, 0.3) is 10.2 Å². The van der Waals surface area contributed by atoms with E-state index >= 15 is 0 Å². The van der Waals surface area contributed by atoms with E-state index in [0.29, 0.717) is 11.8 Å². The van der Waals surface area contributed by atoms with Crippen molar-refractivity contribution in [2.45, 2.75) is 37.4 Å². The van der Waals surface area contributed by atoms with Crippen molar-refractivity contribution in [3.8, 4) is 0 Å². The maximum Gasteiger partial charge on any atom is 0.262 e. The van der Waals surface area contributed by atoms with Crippen LogP contribution in [0.15, 0.2) is 9.95 Å². The normalized spacial score (nSPS) is 14.8. The first-order valence-electron chi connectivity index (χ1n) is 7.93. The van der Waals surface area contributed by atoms with Gasteiger partial charge in [0.25, 0.3) is 5.56 Å². The molecule has 24 heavy (non-hydrogen) atoms. The van der Waals surface area contributed by atoms with Crippen LogP contribution in [0.3, 0.4) is 0 Å². The third-order valence-corrected chi connectivity index (χ3v) is 6.28. The Morgan fingerprint density at radius 3 is 3.04 bits per heavy atom. The van der Waals surface area contributed by atoms with Gasteiger partial charge in [0.05, 0.1) is 17.7 Å². The molecule has 0 saturated heterocycles. The van der Waals surface area contributed by atoms with Crippen LogP contribution in [0.2, 0.25) is 0 Å². The molecular formula is C16H21N3O3S2. The number of hydrogen-bond donors (Lipinski definition) is 1. The number of carbonyl (C=O) groups excluding carboxylic acids is 1. The summed E-state index contributed by atoms with van der Waals surface area (Å²) < 4.78 is 6.56. The quantitative estimate of drug-likeness (QED) is 0.622. The van der Waals surface area contributed by atoms with Crippen LogP contribution in [0.4, 0.5) is 0 Å². The number of carbonyl (C=O) groups is 1. The summed E-state index contributed by atoms with van der Waals surface area (Å²) in [5, 5.41) is 4.22. The molecule has 1 N–H and O–H groups in total. The van der Waals surface area contributed by atoms with Gasteiger partial charge in [-0.15, -0.1) is 11.3 Å². The van der Waals surface area contributed by atoms with Crippen LogP contribution in [-0.4, -0.2) is 41.0 Å². The molecule has 2 heterocycles. The van der Waals surface area contributed by atoms with E-state index in [4.69, 9.17) is 4.74 Å². The monoisotopic (exact) mass is 367 g/mol. The van der Waals surface area contributed by atoms with Gasteiger partial charge in [0.15, 0.2) is 5.16 Å². The Hall–Kier alpha value is -1.38. The number of rotatable bonds is 6. The minimum Gasteiger partial charge on any atom is -0.383 e. The van der Waals surface area contributed by atoms with Crippen LogP contribution in [0.1, 0.15) is 23.8 Å². The molecule has 8 heteroatoms. The van der Waals surface area contributed by atoms with Crippen LogP contribution in [0.5, 0.6) is 0 Å². The average Bonchev–Trinajstić information content (AvgIpc) is 3.10. The number of aromatic nitrogens is 2. The lowest BCUT2D eigenvalue weighted by molar-refractivity contribution is -0.119. The topological polar surface area (TPSA) is 73.2 Å². The van der Waals surface area contributed by atoms with Crippen molar-refractivity contribution in [1.82, 2.24) is 14.9 Å². The molecule has 0 spiro atoms. The van der Waals surface area contributed by atoms with Gasteiger partial charge in [-0.1, -0.05) is 11.8 Å². The lowest BCUT2D eigenvalue weighted by Crippen LogP contribution is -2.36. The van der Waals surface area contributed by atoms with Crippen LogP contribution in [-0.2, 0) is 29.4 Å². The molecule has 1 atom stereocenters. The van der Waals surface area contributed by atoms with Crippen LogP contribution >= 0.6 is 23.1 Å². The number of thiophene rings is 1. The van der Waals surface area contributed by atoms with Gasteiger partial charge in [-0.2, -0.15) is 0 Å². The van der Waals surface area contributed by atoms with Crippen LogP contribution in [0, 0.1) is 0 Å². The van der Waals surface area contributed by atoms with E-state index in [-0.39, 0.29) is 23.3 Å². The van der Waals surface area contributed by atoms with E-state index < -0.39 is 0 Å². The first kappa shape index (κ1) is 17.4. The molecule has 130 valence electrons. The summed E-state index contributed by atoms with van der Waals surface area (Å²) in [6.07, 6.45) is 3.14. The highest BCUT2D eigenvalue weighted by Gasteiger charge is 2.22. The van der Waals surface area contributed by atoms with Gasteiger partial charge in [0.2, 0.25) is 5.91 Å². The summed E-state index contributed by atoms with van der Waals surface area (Å²) in [6, 6.07) is -0.0392. The molecule has 1 aliphatic rings. The lowest BCUT2D eigenvalue weighted by atomic mass is 10.2. The highest BCUT2D eigenvalue weighted by molar-refractivity contribution is 7.99. The molecule has 6 nitrogen and oxygen atoms in total. The van der Waals surface area contributed by atoms with Crippen LogP contribution < -0.4 is 10.9 Å². The fourth-order valence-electron chi connectivity index (χ4n) is 2.97. The summed E-state index contributed by atoms with van der Waals surface area (Å²) in [5.41, 5.74) is 1.18. The summed E-state index contributed by atoms with van der Waals surface area (Å²) in [5.74, 6) is 0.137. The Labute approximate surface area is 148 Å². The van der Waals surface area contributed by atoms with Gasteiger partial charge in [0.1, 0.15) is 4.83 Å². The number of amides is 1. The first-order chi connectivity index (χ1) is 11.5. The SMILES string of the molecule is COCC(C)NC(=O)CSc1nc2sc3c(c2c(=O)n1C)CCC3. The number of fused-ring (bicyclic) bond motifs is 3. The summed E-state index contributed by atoms with van der Waals surface area (Å²) >= 11 is 2.91. The highest BCUT2D eigenvalue weighted by atomic mass is 32.2. The predicted octanol–water partition coefficient (Wildman–Crippen LogP) is 1.73. The molecule has 0 saturated carbocycles. The van der Waals surface area contributed by atoms with Gasteiger partial charge in [0, 0.05) is 25.1 Å². The summed E-state index contributed by atoms with van der Waals surface area (Å²) in [7, 11) is 3.33. The number of nitrogens with zero attached hydrogens (tertiary/aromatic N) is 2. The smallest absolute Gasteiger partial charge is 0.262 e. The van der Waals surface area contributed by atoms with Crippen molar-refractivity contribution in [3.63, 3.8) is 0 Å². The molecule has 0 radical (unpaired) electrons. The van der Waals surface area contributed by atoms with Crippen molar-refractivity contribution in [2.75, 3.05) is 19.5 Å². The number of methoxy groups -OCH3 is 1. The van der Waals surface area contributed by atoms with Gasteiger partial charge >= 0.3 is 0 Å². The zero-order chi connectivity index (χ0) is 17.3. The minimum absolute atomic E-state index is 0.00457. The molecule has 1 amide bonds. The third-order valence-electron chi connectivity index (χ3n) is 4.06. The minimum atomic E-state index is -0.0902. The molecule has 1 unspecified atom stereocenters. The standard InChI is InChI=1S/C16H21N3O3S2/c1-9(7-22-3)17-12(20)8-23-16-18-14-13(15(21)19(16)2)10-5-4-6-11(10)24-14/h9H,4-8H2,1-3H3,(H,17,20). The second-order valence-corrected chi connectivity index (χ2v) is 8.03. The molecule has 0 bridgehead atoms. The maximum atomic E-state index is 12.7. The zero-order valence-electron chi connectivity index (χ0n) is 14.0. The Balaban J connectivity index is 1.77. The first-order valence-corrected chi connectivity index (χ1v) is 9.73. The van der Waals surface area contributed by atoms with Crippen molar-refractivity contribution >= 4 is 39.2 Å². The zero-order valence-corrected chi connectivity index (χ0v) is 15.7. The Morgan fingerprint density at radius 2 is 2.29 bits per heavy atom. The fourth-order valence-corrected chi connectivity index (χ4v) is 5.06. The Morgan fingerprint density at radius 1 is 1.50 bits per heavy atom. The number of nitrogens with one attached hydrogen (secondary N) is 1. The largest absolute Gasteiger partial charge is 0.383 e. The summed E-state index contributed by atoms with van der Waals surface area (Å²) in [6.45, 7) is 2.36. The second kappa shape index (κ2) is 7.25. The van der Waals surface area contributed by atoms with E-state index in [1.54, 1.807) is 30.1 Å². The molecule has 1 aliphatic carbocycles. The van der Waals surface area contributed by atoms with E-state index in [1.165, 1.54) is 22.2 Å². The fraction of sp³-hybridized carbons (Fsp3) is 0.562. The van der Waals surface area contributed by atoms with Gasteiger partial charge < -0.3 is 10.1 Å². The number of hydrogen-bond acceptors (Lipinski definition) is 6. The van der Waals surface area contributed by atoms with Gasteiger partial charge in [-0.05, 0) is 31.7 Å². The molecule has 3 rings (SSSR count). The molecule has 2 aromatic heterocycles. The Kier molecular flexibility index (Phi) is 5.27. The molecular weight excluding hydrogens is 346 g/mol. The van der Waals surface area contributed by atoms with Crippen molar-refractivity contribution < 1.29 is 9.53 Å². The summed E-state index contributed by atoms with van der Waals surface area (Å²) in [4.78, 5) is 31.4. The molecule has 0 fully saturated rings. The second-order valence-electron chi connectivity index (χ2n) is 6.01.